The minimum absolute atomic E-state index is 0.165. The molecule has 1 heterocycles. The lowest BCUT2D eigenvalue weighted by atomic mass is 10.2. The van der Waals surface area contributed by atoms with E-state index in [0.717, 1.165) is 13.2 Å². The quantitative estimate of drug-likeness (QED) is 0.619. The number of aromatic nitrogens is 1. The van der Waals surface area contributed by atoms with Gasteiger partial charge in [-0.2, -0.15) is 0 Å². The average molecular weight is 336 g/mol. The Balaban J connectivity index is 3.26. The predicted octanol–water partition coefficient (Wildman–Crippen LogP) is 3.82. The smallest absolute Gasteiger partial charge is 0.494 e. The van der Waals surface area contributed by atoms with Gasteiger partial charge in [0.2, 0.25) is 0 Å². The van der Waals surface area contributed by atoms with Gasteiger partial charge < -0.3 is 9.47 Å². The van der Waals surface area contributed by atoms with Crippen molar-refractivity contribution in [1.82, 2.24) is 4.98 Å². The first-order valence-electron chi connectivity index (χ1n) is 4.46. The Morgan fingerprint density at radius 3 is 2.33 bits per heavy atom. The lowest BCUT2D eigenvalue weighted by Gasteiger charge is -2.15. The molecule has 0 saturated heterocycles. The lowest BCUT2D eigenvalue weighted by Crippen LogP contribution is -2.19. The monoisotopic (exact) mass is 335 g/mol. The van der Waals surface area contributed by atoms with Crippen LogP contribution in [0.1, 0.15) is 17.8 Å². The Morgan fingerprint density at radius 2 is 1.94 bits per heavy atom. The number of ether oxygens (including phenoxy) is 2. The van der Waals surface area contributed by atoms with Crippen LogP contribution < -0.4 is 9.47 Å². The van der Waals surface area contributed by atoms with Gasteiger partial charge in [-0.3, -0.25) is 0 Å². The maximum absolute atomic E-state index is 12.6. The van der Waals surface area contributed by atoms with Gasteiger partial charge in [0.25, 0.3) is 6.43 Å². The molecule has 0 aliphatic heterocycles. The maximum Gasteiger partial charge on any atom is 0.573 e. The van der Waals surface area contributed by atoms with E-state index in [2.05, 4.69) is 30.4 Å². The fraction of sp³-hybridized carbons (Fsp3) is 0.444. The summed E-state index contributed by atoms with van der Waals surface area (Å²) in [4.78, 5) is 3.40. The third-order valence-electron chi connectivity index (χ3n) is 1.83. The molecule has 0 fully saturated rings. The van der Waals surface area contributed by atoms with Crippen molar-refractivity contribution in [3.05, 3.63) is 17.5 Å². The minimum atomic E-state index is -4.93. The van der Waals surface area contributed by atoms with Crippen LogP contribution in [0.25, 0.3) is 0 Å². The third kappa shape index (κ3) is 3.69. The van der Waals surface area contributed by atoms with Crippen LogP contribution in [0.5, 0.6) is 11.5 Å². The van der Waals surface area contributed by atoms with Crippen LogP contribution in [0.4, 0.5) is 22.0 Å². The average Bonchev–Trinajstić information content (AvgIpc) is 2.25. The number of rotatable bonds is 4. The molecule has 0 aliphatic rings. The maximum atomic E-state index is 12.6. The Hall–Kier alpha value is -1.12. The minimum Gasteiger partial charge on any atom is -0.494 e. The molecule has 1 aromatic heterocycles. The Bertz CT molecular complexity index is 424. The van der Waals surface area contributed by atoms with E-state index >= 15 is 0 Å². The van der Waals surface area contributed by atoms with E-state index in [-0.39, 0.29) is 11.0 Å². The fourth-order valence-corrected chi connectivity index (χ4v) is 1.56. The zero-order valence-corrected chi connectivity index (χ0v) is 10.5. The molecule has 0 radical (unpaired) electrons. The third-order valence-corrected chi connectivity index (χ3v) is 2.36. The lowest BCUT2D eigenvalue weighted by molar-refractivity contribution is -0.275. The highest BCUT2D eigenvalue weighted by atomic mass is 79.9. The van der Waals surface area contributed by atoms with Crippen molar-refractivity contribution < 1.29 is 31.4 Å². The zero-order chi connectivity index (χ0) is 13.9. The molecule has 1 aromatic rings. The molecule has 0 aromatic carbocycles. The number of methoxy groups -OCH3 is 1. The predicted molar refractivity (Wildman–Crippen MR) is 55.1 cm³/mol. The largest absolute Gasteiger partial charge is 0.573 e. The fourth-order valence-electron chi connectivity index (χ4n) is 1.16. The Labute approximate surface area is 107 Å². The number of pyridine rings is 1. The zero-order valence-electron chi connectivity index (χ0n) is 8.89. The van der Waals surface area contributed by atoms with Crippen LogP contribution in [0.2, 0.25) is 0 Å². The van der Waals surface area contributed by atoms with E-state index in [1.807, 2.05) is 0 Å². The van der Waals surface area contributed by atoms with Crippen molar-refractivity contribution in [3.63, 3.8) is 0 Å². The number of nitrogens with zero attached hydrogens (tertiary/aromatic N) is 1. The van der Waals surface area contributed by atoms with Gasteiger partial charge in [0.1, 0.15) is 11.4 Å². The molecule has 3 nitrogen and oxygen atoms in total. The molecule has 18 heavy (non-hydrogen) atoms. The van der Waals surface area contributed by atoms with Crippen LogP contribution in [0.3, 0.4) is 0 Å². The van der Waals surface area contributed by atoms with Gasteiger partial charge in [-0.1, -0.05) is 15.9 Å². The topological polar surface area (TPSA) is 31.4 Å². The summed E-state index contributed by atoms with van der Waals surface area (Å²) in [6.45, 7) is 0. The van der Waals surface area contributed by atoms with Gasteiger partial charge in [0.05, 0.1) is 12.8 Å². The second-order valence-electron chi connectivity index (χ2n) is 3.00. The first-order chi connectivity index (χ1) is 8.28. The van der Waals surface area contributed by atoms with Crippen molar-refractivity contribution >= 4 is 15.9 Å². The van der Waals surface area contributed by atoms with E-state index in [4.69, 9.17) is 0 Å². The summed E-state index contributed by atoms with van der Waals surface area (Å²) >= 11 is 2.85. The van der Waals surface area contributed by atoms with Crippen molar-refractivity contribution in [3.8, 4) is 11.5 Å². The van der Waals surface area contributed by atoms with Gasteiger partial charge in [0, 0.05) is 11.4 Å². The molecular weight excluding hydrogens is 329 g/mol. The van der Waals surface area contributed by atoms with Crippen LogP contribution in [-0.4, -0.2) is 18.5 Å². The van der Waals surface area contributed by atoms with E-state index in [1.54, 1.807) is 0 Å². The number of hydrogen-bond acceptors (Lipinski definition) is 3. The standard InChI is InChI=1S/C9H7BrF5NO2/c1-17-6-2-5(18-9(13,14)15)4(3-10)16-7(6)8(11)12/h2,8H,3H2,1H3. The summed E-state index contributed by atoms with van der Waals surface area (Å²) in [5.41, 5.74) is -1.02. The number of halogens is 6. The van der Waals surface area contributed by atoms with Crippen LogP contribution in [-0.2, 0) is 5.33 Å². The van der Waals surface area contributed by atoms with Gasteiger partial charge in [-0.05, 0) is 0 Å². The summed E-state index contributed by atoms with van der Waals surface area (Å²) in [6.07, 6.45) is -7.90. The molecule has 1 rings (SSSR count). The highest BCUT2D eigenvalue weighted by Crippen LogP contribution is 2.35. The second-order valence-corrected chi connectivity index (χ2v) is 3.56. The SMILES string of the molecule is COc1cc(OC(F)(F)F)c(CBr)nc1C(F)F. The summed E-state index contributed by atoms with van der Waals surface area (Å²) in [5.74, 6) is -1.14. The van der Waals surface area contributed by atoms with Crippen LogP contribution >= 0.6 is 15.9 Å². The summed E-state index contributed by atoms with van der Waals surface area (Å²) in [5, 5.41) is -0.165. The molecular formula is C9H7BrF5NO2. The van der Waals surface area contributed by atoms with E-state index in [0.29, 0.717) is 0 Å². The van der Waals surface area contributed by atoms with E-state index < -0.39 is 30.0 Å². The molecule has 9 heteroatoms. The number of hydrogen-bond donors (Lipinski definition) is 0. The summed E-state index contributed by atoms with van der Waals surface area (Å²) in [7, 11) is 1.05. The molecule has 0 spiro atoms. The highest BCUT2D eigenvalue weighted by Gasteiger charge is 2.33. The molecule has 0 unspecified atom stereocenters. The van der Waals surface area contributed by atoms with Gasteiger partial charge >= 0.3 is 6.36 Å². The Kier molecular flexibility index (Phi) is 4.71. The van der Waals surface area contributed by atoms with Gasteiger partial charge in [0.15, 0.2) is 5.75 Å². The molecule has 0 amide bonds. The van der Waals surface area contributed by atoms with E-state index in [1.165, 1.54) is 0 Å². The van der Waals surface area contributed by atoms with Gasteiger partial charge in [-0.15, -0.1) is 13.2 Å². The molecule has 0 atom stereocenters. The summed E-state index contributed by atoms with van der Waals surface area (Å²) < 4.78 is 69.7. The molecule has 0 aliphatic carbocycles. The first-order valence-corrected chi connectivity index (χ1v) is 5.58. The van der Waals surface area contributed by atoms with Crippen molar-refractivity contribution in [2.24, 2.45) is 0 Å². The molecule has 0 saturated carbocycles. The van der Waals surface area contributed by atoms with Crippen LogP contribution in [0, 0.1) is 0 Å². The van der Waals surface area contributed by atoms with Crippen molar-refractivity contribution in [1.29, 1.82) is 0 Å². The number of alkyl halides is 6. The van der Waals surface area contributed by atoms with Crippen molar-refractivity contribution in [2.45, 2.75) is 18.1 Å². The molecule has 0 bridgehead atoms. The highest BCUT2D eigenvalue weighted by molar-refractivity contribution is 9.08. The summed E-state index contributed by atoms with van der Waals surface area (Å²) in [6, 6.07) is 0.735. The first kappa shape index (κ1) is 14.9. The van der Waals surface area contributed by atoms with Gasteiger partial charge in [-0.25, -0.2) is 13.8 Å². The van der Waals surface area contributed by atoms with E-state index in [9.17, 15) is 22.0 Å². The second kappa shape index (κ2) is 5.68. The normalized spacial score (nSPS) is 11.8. The Morgan fingerprint density at radius 1 is 1.33 bits per heavy atom. The molecule has 102 valence electrons. The molecule has 0 N–H and O–H groups in total. The van der Waals surface area contributed by atoms with Crippen molar-refractivity contribution in [2.75, 3.05) is 7.11 Å². The van der Waals surface area contributed by atoms with Crippen LogP contribution in [0.15, 0.2) is 6.07 Å².